The number of carbonyl (C=O) groups is 1. The topological polar surface area (TPSA) is 44.9 Å². The first-order valence-electron chi connectivity index (χ1n) is 7.78. The number of aromatic amines is 1. The Morgan fingerprint density at radius 1 is 1.09 bits per heavy atom. The molecule has 3 nitrogen and oxygen atoms in total. The molecule has 0 aliphatic carbocycles. The van der Waals surface area contributed by atoms with Crippen LogP contribution in [-0.4, -0.2) is 17.4 Å². The van der Waals surface area contributed by atoms with Gasteiger partial charge in [0.1, 0.15) is 5.82 Å². The zero-order valence-corrected chi connectivity index (χ0v) is 12.8. The Balaban J connectivity index is 1.46. The van der Waals surface area contributed by atoms with Crippen LogP contribution in [0.1, 0.15) is 17.5 Å². The lowest BCUT2D eigenvalue weighted by Gasteiger charge is -2.05. The van der Waals surface area contributed by atoms with Gasteiger partial charge in [0.15, 0.2) is 0 Å². The van der Waals surface area contributed by atoms with Crippen molar-refractivity contribution in [2.45, 2.75) is 19.3 Å². The molecule has 0 saturated carbocycles. The molecule has 0 unspecified atom stereocenters. The molecule has 1 amide bonds. The van der Waals surface area contributed by atoms with Gasteiger partial charge >= 0.3 is 0 Å². The highest BCUT2D eigenvalue weighted by molar-refractivity contribution is 5.84. The molecule has 0 fully saturated rings. The van der Waals surface area contributed by atoms with Crippen LogP contribution >= 0.6 is 0 Å². The van der Waals surface area contributed by atoms with E-state index >= 15 is 0 Å². The van der Waals surface area contributed by atoms with Crippen molar-refractivity contribution in [1.29, 1.82) is 0 Å². The minimum absolute atomic E-state index is 0.0201. The van der Waals surface area contributed by atoms with Crippen molar-refractivity contribution >= 4 is 16.8 Å². The Hall–Kier alpha value is -2.62. The highest BCUT2D eigenvalue weighted by Crippen LogP contribution is 2.18. The van der Waals surface area contributed by atoms with E-state index in [-0.39, 0.29) is 11.7 Å². The number of H-pyrrole nitrogens is 1. The van der Waals surface area contributed by atoms with Crippen LogP contribution in [-0.2, 0) is 17.6 Å². The third-order valence-corrected chi connectivity index (χ3v) is 3.92. The van der Waals surface area contributed by atoms with Crippen molar-refractivity contribution in [3.63, 3.8) is 0 Å². The average Bonchev–Trinajstić information content (AvgIpc) is 2.96. The van der Waals surface area contributed by atoms with Crippen molar-refractivity contribution in [3.05, 3.63) is 71.7 Å². The Morgan fingerprint density at radius 2 is 1.96 bits per heavy atom. The number of para-hydroxylation sites is 1. The van der Waals surface area contributed by atoms with Crippen molar-refractivity contribution in [2.24, 2.45) is 0 Å². The number of nitrogens with one attached hydrogen (secondary N) is 2. The number of aryl methyl sites for hydroxylation is 1. The Bertz CT molecular complexity index is 810. The van der Waals surface area contributed by atoms with Gasteiger partial charge in [0.2, 0.25) is 5.91 Å². The molecule has 0 spiro atoms. The Labute approximate surface area is 134 Å². The fourth-order valence-corrected chi connectivity index (χ4v) is 2.71. The largest absolute Gasteiger partial charge is 0.361 e. The second-order valence-corrected chi connectivity index (χ2v) is 5.59. The van der Waals surface area contributed by atoms with Crippen molar-refractivity contribution < 1.29 is 9.18 Å². The van der Waals surface area contributed by atoms with E-state index in [9.17, 15) is 9.18 Å². The molecular formula is C19H19FN2O. The molecule has 1 aromatic heterocycles. The first-order valence-corrected chi connectivity index (χ1v) is 7.78. The summed E-state index contributed by atoms with van der Waals surface area (Å²) in [5.74, 6) is -0.222. The second-order valence-electron chi connectivity index (χ2n) is 5.59. The summed E-state index contributed by atoms with van der Waals surface area (Å²) in [5, 5.41) is 4.06. The van der Waals surface area contributed by atoms with Gasteiger partial charge in [-0.25, -0.2) is 4.39 Å². The number of benzene rings is 2. The minimum Gasteiger partial charge on any atom is -0.361 e. The molecular weight excluding hydrogens is 291 g/mol. The van der Waals surface area contributed by atoms with Crippen LogP contribution in [0.2, 0.25) is 0 Å². The minimum atomic E-state index is -0.242. The van der Waals surface area contributed by atoms with Crippen LogP contribution in [0, 0.1) is 5.82 Å². The summed E-state index contributed by atoms with van der Waals surface area (Å²) < 4.78 is 13.1. The maximum atomic E-state index is 13.1. The van der Waals surface area contributed by atoms with E-state index < -0.39 is 0 Å². The molecule has 0 aliphatic heterocycles. The predicted octanol–water partition coefficient (Wildman–Crippen LogP) is 3.60. The van der Waals surface area contributed by atoms with Gasteiger partial charge in [-0.2, -0.15) is 0 Å². The molecule has 1 heterocycles. The quantitative estimate of drug-likeness (QED) is 0.718. The highest BCUT2D eigenvalue weighted by Gasteiger charge is 2.06. The lowest BCUT2D eigenvalue weighted by atomic mass is 10.1. The van der Waals surface area contributed by atoms with Crippen LogP contribution < -0.4 is 5.32 Å². The lowest BCUT2D eigenvalue weighted by Crippen LogP contribution is -2.25. The summed E-state index contributed by atoms with van der Waals surface area (Å²) in [6.07, 6.45) is 3.75. The van der Waals surface area contributed by atoms with Crippen molar-refractivity contribution in [1.82, 2.24) is 10.3 Å². The number of hydrogen-bond donors (Lipinski definition) is 2. The van der Waals surface area contributed by atoms with E-state index in [1.54, 1.807) is 6.07 Å². The molecule has 3 rings (SSSR count). The number of hydrogen-bond acceptors (Lipinski definition) is 1. The van der Waals surface area contributed by atoms with Crippen molar-refractivity contribution in [3.8, 4) is 0 Å². The number of aromatic nitrogens is 1. The Kier molecular flexibility index (Phi) is 4.71. The maximum absolute atomic E-state index is 13.1. The third-order valence-electron chi connectivity index (χ3n) is 3.92. The fourth-order valence-electron chi connectivity index (χ4n) is 2.71. The summed E-state index contributed by atoms with van der Waals surface area (Å²) in [7, 11) is 0. The summed E-state index contributed by atoms with van der Waals surface area (Å²) in [5.41, 5.74) is 3.14. The summed E-state index contributed by atoms with van der Waals surface area (Å²) in [6, 6.07) is 14.5. The van der Waals surface area contributed by atoms with E-state index in [4.69, 9.17) is 0 Å². The molecule has 2 N–H and O–H groups in total. The number of halogens is 1. The summed E-state index contributed by atoms with van der Waals surface area (Å²) in [6.45, 7) is 0.524. The van der Waals surface area contributed by atoms with Crippen LogP contribution in [0.4, 0.5) is 4.39 Å². The highest BCUT2D eigenvalue weighted by atomic mass is 19.1. The maximum Gasteiger partial charge on any atom is 0.220 e. The van der Waals surface area contributed by atoms with E-state index in [0.29, 0.717) is 25.8 Å². The molecule has 2 aromatic carbocycles. The summed E-state index contributed by atoms with van der Waals surface area (Å²) in [4.78, 5) is 15.2. The van der Waals surface area contributed by atoms with Gasteiger partial charge in [-0.15, -0.1) is 0 Å². The zero-order valence-electron chi connectivity index (χ0n) is 12.8. The molecule has 118 valence electrons. The number of fused-ring (bicyclic) bond motifs is 1. The smallest absolute Gasteiger partial charge is 0.220 e. The first-order chi connectivity index (χ1) is 11.2. The third kappa shape index (κ3) is 3.97. The van der Waals surface area contributed by atoms with Gasteiger partial charge in [-0.05, 0) is 42.2 Å². The normalized spacial score (nSPS) is 10.8. The van der Waals surface area contributed by atoms with Crippen LogP contribution in [0.15, 0.2) is 54.7 Å². The second kappa shape index (κ2) is 7.09. The monoisotopic (exact) mass is 310 g/mol. The SMILES string of the molecule is O=C(CCc1c[nH]c2ccccc12)NCCc1cccc(F)c1. The fraction of sp³-hybridized carbons (Fsp3) is 0.211. The van der Waals surface area contributed by atoms with Gasteiger partial charge < -0.3 is 10.3 Å². The molecule has 0 aliphatic rings. The standard InChI is InChI=1S/C19H19FN2O/c20-16-5-3-4-14(12-16)10-11-21-19(23)9-8-15-13-22-18-7-2-1-6-17(15)18/h1-7,12-13,22H,8-11H2,(H,21,23). The number of amides is 1. The van der Waals surface area contributed by atoms with Gasteiger partial charge in [-0.1, -0.05) is 30.3 Å². The molecule has 0 saturated heterocycles. The van der Waals surface area contributed by atoms with Gasteiger partial charge in [-0.3, -0.25) is 4.79 Å². The van der Waals surface area contributed by atoms with Crippen molar-refractivity contribution in [2.75, 3.05) is 6.54 Å². The predicted molar refractivity (Wildman–Crippen MR) is 89.7 cm³/mol. The zero-order chi connectivity index (χ0) is 16.1. The molecule has 0 bridgehead atoms. The molecule has 0 radical (unpaired) electrons. The molecule has 3 aromatic rings. The molecule has 4 heteroatoms. The van der Waals surface area contributed by atoms with Crippen LogP contribution in [0.5, 0.6) is 0 Å². The van der Waals surface area contributed by atoms with E-state index in [0.717, 1.165) is 16.6 Å². The van der Waals surface area contributed by atoms with Gasteiger partial charge in [0.05, 0.1) is 0 Å². The van der Waals surface area contributed by atoms with Gasteiger partial charge in [0, 0.05) is 30.1 Å². The molecule has 0 atom stereocenters. The van der Waals surface area contributed by atoms with E-state index in [2.05, 4.69) is 16.4 Å². The van der Waals surface area contributed by atoms with E-state index in [1.165, 1.54) is 17.5 Å². The van der Waals surface area contributed by atoms with Crippen LogP contribution in [0.3, 0.4) is 0 Å². The number of carbonyl (C=O) groups excluding carboxylic acids is 1. The average molecular weight is 310 g/mol. The number of rotatable bonds is 6. The summed E-state index contributed by atoms with van der Waals surface area (Å²) >= 11 is 0. The molecule has 23 heavy (non-hydrogen) atoms. The van der Waals surface area contributed by atoms with Crippen LogP contribution in [0.25, 0.3) is 10.9 Å². The van der Waals surface area contributed by atoms with E-state index in [1.807, 2.05) is 30.5 Å². The van der Waals surface area contributed by atoms with Gasteiger partial charge in [0.25, 0.3) is 0 Å². The first kappa shape index (κ1) is 15.3. The lowest BCUT2D eigenvalue weighted by molar-refractivity contribution is -0.121. The Morgan fingerprint density at radius 3 is 2.83 bits per heavy atom.